The number of rotatable bonds is 8. The summed E-state index contributed by atoms with van der Waals surface area (Å²) in [7, 11) is 0. The average molecular weight is 331 g/mol. The first-order valence-electron chi connectivity index (χ1n) is 8.62. The van der Waals surface area contributed by atoms with Gasteiger partial charge in [-0.2, -0.15) is 0 Å². The summed E-state index contributed by atoms with van der Waals surface area (Å²) in [5.41, 5.74) is 3.07. The van der Waals surface area contributed by atoms with E-state index in [4.69, 9.17) is 0 Å². The molecule has 132 valence electrons. The first-order valence-corrected chi connectivity index (χ1v) is 8.62. The van der Waals surface area contributed by atoms with Crippen LogP contribution in [0.4, 0.5) is 0 Å². The first kappa shape index (κ1) is 18.6. The SMILES string of the molecule is CCCN(C[C@H](O)c1ccc(-n2c(C)ccc2C)nc1)[C@@H](C)CO. The van der Waals surface area contributed by atoms with Crippen LogP contribution in [0.5, 0.6) is 0 Å². The molecule has 5 heteroatoms. The van der Waals surface area contributed by atoms with Crippen molar-refractivity contribution in [1.82, 2.24) is 14.5 Å². The van der Waals surface area contributed by atoms with Crippen molar-refractivity contribution in [3.8, 4) is 5.82 Å². The van der Waals surface area contributed by atoms with Crippen molar-refractivity contribution in [1.29, 1.82) is 0 Å². The van der Waals surface area contributed by atoms with Crippen LogP contribution in [0.2, 0.25) is 0 Å². The minimum Gasteiger partial charge on any atom is -0.395 e. The summed E-state index contributed by atoms with van der Waals surface area (Å²) in [5.74, 6) is 0.861. The van der Waals surface area contributed by atoms with Crippen molar-refractivity contribution >= 4 is 0 Å². The molecule has 2 aromatic rings. The second kappa shape index (κ2) is 8.42. The van der Waals surface area contributed by atoms with Gasteiger partial charge in [0.05, 0.1) is 12.7 Å². The van der Waals surface area contributed by atoms with E-state index in [2.05, 4.69) is 47.4 Å². The third kappa shape index (κ3) is 4.23. The molecule has 0 aliphatic rings. The highest BCUT2D eigenvalue weighted by Gasteiger charge is 2.18. The third-order valence-corrected chi connectivity index (χ3v) is 4.46. The van der Waals surface area contributed by atoms with E-state index in [0.717, 1.165) is 35.7 Å². The van der Waals surface area contributed by atoms with Crippen molar-refractivity contribution < 1.29 is 10.2 Å². The number of hydrogen-bond donors (Lipinski definition) is 2. The zero-order chi connectivity index (χ0) is 17.7. The molecule has 5 nitrogen and oxygen atoms in total. The number of aliphatic hydroxyl groups excluding tert-OH is 2. The summed E-state index contributed by atoms with van der Waals surface area (Å²) in [4.78, 5) is 6.63. The van der Waals surface area contributed by atoms with Crippen molar-refractivity contribution in [3.63, 3.8) is 0 Å². The van der Waals surface area contributed by atoms with Crippen molar-refractivity contribution in [3.05, 3.63) is 47.4 Å². The summed E-state index contributed by atoms with van der Waals surface area (Å²) < 4.78 is 2.09. The van der Waals surface area contributed by atoms with Crippen LogP contribution < -0.4 is 0 Å². The molecule has 0 spiro atoms. The molecule has 2 N–H and O–H groups in total. The zero-order valence-electron chi connectivity index (χ0n) is 15.1. The summed E-state index contributed by atoms with van der Waals surface area (Å²) in [6.07, 6.45) is 2.12. The fourth-order valence-electron chi connectivity index (χ4n) is 2.98. The van der Waals surface area contributed by atoms with Gasteiger partial charge < -0.3 is 14.8 Å². The van der Waals surface area contributed by atoms with Gasteiger partial charge in [0.25, 0.3) is 0 Å². The maximum Gasteiger partial charge on any atom is 0.136 e. The van der Waals surface area contributed by atoms with Crippen LogP contribution in [-0.4, -0.2) is 50.4 Å². The van der Waals surface area contributed by atoms with E-state index in [1.165, 1.54) is 0 Å². The third-order valence-electron chi connectivity index (χ3n) is 4.46. The van der Waals surface area contributed by atoms with Gasteiger partial charge in [-0.05, 0) is 51.9 Å². The summed E-state index contributed by atoms with van der Waals surface area (Å²) in [6, 6.07) is 8.05. The lowest BCUT2D eigenvalue weighted by atomic mass is 10.1. The standard InChI is InChI=1S/C19H29N3O2/c1-5-10-21(16(4)13-23)12-18(24)17-8-9-19(20-11-17)22-14(2)6-7-15(22)3/h6-9,11,16,18,23-24H,5,10,12-13H2,1-4H3/t16-,18-/m0/s1. The van der Waals surface area contributed by atoms with Gasteiger partial charge in [-0.3, -0.25) is 4.90 Å². The van der Waals surface area contributed by atoms with Gasteiger partial charge in [-0.1, -0.05) is 13.0 Å². The van der Waals surface area contributed by atoms with Crippen molar-refractivity contribution in [2.24, 2.45) is 0 Å². The maximum absolute atomic E-state index is 10.5. The van der Waals surface area contributed by atoms with Crippen LogP contribution in [0, 0.1) is 13.8 Å². The highest BCUT2D eigenvalue weighted by atomic mass is 16.3. The molecule has 0 unspecified atom stereocenters. The number of nitrogens with zero attached hydrogens (tertiary/aromatic N) is 3. The molecular weight excluding hydrogens is 302 g/mol. The molecule has 2 aromatic heterocycles. The zero-order valence-corrected chi connectivity index (χ0v) is 15.1. The molecule has 2 heterocycles. The quantitative estimate of drug-likeness (QED) is 0.780. The van der Waals surface area contributed by atoms with Gasteiger partial charge >= 0.3 is 0 Å². The van der Waals surface area contributed by atoms with Gasteiger partial charge in [0, 0.05) is 35.7 Å². The Bertz CT molecular complexity index is 617. The Labute approximate surface area is 144 Å². The van der Waals surface area contributed by atoms with Crippen LogP contribution in [0.1, 0.15) is 43.3 Å². The molecule has 2 rings (SSSR count). The lowest BCUT2D eigenvalue weighted by Gasteiger charge is -2.29. The number of aromatic nitrogens is 2. The molecule has 24 heavy (non-hydrogen) atoms. The molecule has 0 fully saturated rings. The molecule has 0 radical (unpaired) electrons. The highest BCUT2D eigenvalue weighted by molar-refractivity contribution is 5.33. The Kier molecular flexibility index (Phi) is 6.54. The van der Waals surface area contributed by atoms with Gasteiger partial charge in [0.15, 0.2) is 0 Å². The molecule has 0 amide bonds. The Hall–Kier alpha value is -1.69. The fraction of sp³-hybridized carbons (Fsp3) is 0.526. The predicted octanol–water partition coefficient (Wildman–Crippen LogP) is 2.62. The van der Waals surface area contributed by atoms with Crippen LogP contribution >= 0.6 is 0 Å². The lowest BCUT2D eigenvalue weighted by Crippen LogP contribution is -2.39. The van der Waals surface area contributed by atoms with Crippen LogP contribution in [0.25, 0.3) is 5.82 Å². The van der Waals surface area contributed by atoms with E-state index in [1.54, 1.807) is 6.20 Å². The second-order valence-corrected chi connectivity index (χ2v) is 6.44. The Morgan fingerprint density at radius 1 is 1.17 bits per heavy atom. The average Bonchev–Trinajstić information content (AvgIpc) is 2.92. The summed E-state index contributed by atoms with van der Waals surface area (Å²) in [6.45, 7) is 9.62. The molecule has 0 aromatic carbocycles. The minimum absolute atomic E-state index is 0.0389. The smallest absolute Gasteiger partial charge is 0.136 e. The van der Waals surface area contributed by atoms with Gasteiger partial charge in [0.2, 0.25) is 0 Å². The van der Waals surface area contributed by atoms with Crippen molar-refractivity contribution in [2.45, 2.75) is 46.3 Å². The summed E-state index contributed by atoms with van der Waals surface area (Å²) >= 11 is 0. The fourth-order valence-corrected chi connectivity index (χ4v) is 2.98. The van der Waals surface area contributed by atoms with Crippen LogP contribution in [0.3, 0.4) is 0 Å². The molecule has 0 saturated heterocycles. The van der Waals surface area contributed by atoms with Gasteiger partial charge in [-0.25, -0.2) is 4.98 Å². The highest BCUT2D eigenvalue weighted by Crippen LogP contribution is 2.19. The molecular formula is C19H29N3O2. The second-order valence-electron chi connectivity index (χ2n) is 6.44. The van der Waals surface area contributed by atoms with Crippen molar-refractivity contribution in [2.75, 3.05) is 19.7 Å². The van der Waals surface area contributed by atoms with Crippen LogP contribution in [0.15, 0.2) is 30.5 Å². The first-order chi connectivity index (χ1) is 11.5. The molecule has 0 saturated carbocycles. The number of hydrogen-bond acceptors (Lipinski definition) is 4. The number of aliphatic hydroxyl groups is 2. The minimum atomic E-state index is -0.612. The van der Waals surface area contributed by atoms with E-state index in [-0.39, 0.29) is 12.6 Å². The van der Waals surface area contributed by atoms with E-state index >= 15 is 0 Å². The topological polar surface area (TPSA) is 61.5 Å². The van der Waals surface area contributed by atoms with E-state index < -0.39 is 6.10 Å². The monoisotopic (exact) mass is 331 g/mol. The largest absolute Gasteiger partial charge is 0.395 e. The predicted molar refractivity (Wildman–Crippen MR) is 96.4 cm³/mol. The Balaban J connectivity index is 2.12. The van der Waals surface area contributed by atoms with Gasteiger partial charge in [0.1, 0.15) is 5.82 Å². The number of pyridine rings is 1. The number of aryl methyl sites for hydroxylation is 2. The van der Waals surface area contributed by atoms with E-state index in [9.17, 15) is 10.2 Å². The summed E-state index contributed by atoms with van der Waals surface area (Å²) in [5, 5.41) is 19.9. The molecule has 0 bridgehead atoms. The van der Waals surface area contributed by atoms with E-state index in [0.29, 0.717) is 6.54 Å². The Morgan fingerprint density at radius 2 is 1.83 bits per heavy atom. The van der Waals surface area contributed by atoms with Gasteiger partial charge in [-0.15, -0.1) is 0 Å². The lowest BCUT2D eigenvalue weighted by molar-refractivity contribution is 0.0684. The maximum atomic E-state index is 10.5. The Morgan fingerprint density at radius 3 is 2.33 bits per heavy atom. The molecule has 2 atom stereocenters. The molecule has 0 aliphatic carbocycles. The normalized spacial score (nSPS) is 14.1. The van der Waals surface area contributed by atoms with Crippen LogP contribution in [-0.2, 0) is 0 Å². The molecule has 0 aliphatic heterocycles. The van der Waals surface area contributed by atoms with E-state index in [1.807, 2.05) is 19.1 Å².